The van der Waals surface area contributed by atoms with Crippen molar-refractivity contribution in [3.63, 3.8) is 0 Å². The predicted octanol–water partition coefficient (Wildman–Crippen LogP) is 5.33. The van der Waals surface area contributed by atoms with Gasteiger partial charge in [-0.25, -0.2) is 4.39 Å². The molecule has 114 valence electrons. The SMILES string of the molecule is Cc1ccc(-c2cc(SCC(F)(F)F)c(C#N)cc2F)cc1. The molecule has 0 saturated heterocycles. The molecule has 2 rings (SSSR count). The van der Waals surface area contributed by atoms with Crippen molar-refractivity contribution in [1.82, 2.24) is 0 Å². The quantitative estimate of drug-likeness (QED) is 0.563. The van der Waals surface area contributed by atoms with Gasteiger partial charge in [0.1, 0.15) is 11.9 Å². The molecule has 0 heterocycles. The molecule has 2 aromatic rings. The summed E-state index contributed by atoms with van der Waals surface area (Å²) in [6.07, 6.45) is -4.35. The van der Waals surface area contributed by atoms with Crippen LogP contribution in [-0.4, -0.2) is 11.9 Å². The van der Waals surface area contributed by atoms with Crippen molar-refractivity contribution in [2.45, 2.75) is 18.0 Å². The minimum Gasteiger partial charge on any atom is -0.206 e. The van der Waals surface area contributed by atoms with Crippen LogP contribution in [0.4, 0.5) is 17.6 Å². The number of alkyl halides is 3. The average molecular weight is 325 g/mol. The van der Waals surface area contributed by atoms with Crippen LogP contribution in [0, 0.1) is 24.1 Å². The van der Waals surface area contributed by atoms with Crippen molar-refractivity contribution in [2.24, 2.45) is 0 Å². The summed E-state index contributed by atoms with van der Waals surface area (Å²) in [7, 11) is 0. The van der Waals surface area contributed by atoms with Crippen LogP contribution in [0.2, 0.25) is 0 Å². The maximum atomic E-state index is 14.1. The number of rotatable bonds is 3. The van der Waals surface area contributed by atoms with Gasteiger partial charge >= 0.3 is 6.18 Å². The summed E-state index contributed by atoms with van der Waals surface area (Å²) in [6, 6.07) is 11.0. The van der Waals surface area contributed by atoms with Crippen LogP contribution in [0.3, 0.4) is 0 Å². The maximum absolute atomic E-state index is 14.1. The first-order valence-corrected chi connectivity index (χ1v) is 7.29. The molecule has 0 N–H and O–H groups in total. The van der Waals surface area contributed by atoms with Crippen LogP contribution in [0.5, 0.6) is 0 Å². The molecule has 0 atom stereocenters. The van der Waals surface area contributed by atoms with Crippen LogP contribution in [-0.2, 0) is 0 Å². The molecule has 1 nitrogen and oxygen atoms in total. The first kappa shape index (κ1) is 16.4. The molecule has 0 aliphatic heterocycles. The number of nitrogens with zero attached hydrogens (tertiary/aromatic N) is 1. The molecule has 22 heavy (non-hydrogen) atoms. The zero-order chi connectivity index (χ0) is 16.3. The van der Waals surface area contributed by atoms with Crippen LogP contribution in [0.1, 0.15) is 11.1 Å². The molecular formula is C16H11F4NS. The number of hydrogen-bond acceptors (Lipinski definition) is 2. The summed E-state index contributed by atoms with van der Waals surface area (Å²) in [5.74, 6) is -1.75. The normalized spacial score (nSPS) is 11.3. The van der Waals surface area contributed by atoms with E-state index in [-0.39, 0.29) is 16.0 Å². The van der Waals surface area contributed by atoms with Crippen molar-refractivity contribution in [3.05, 3.63) is 53.3 Å². The molecular weight excluding hydrogens is 314 g/mol. The van der Waals surface area contributed by atoms with E-state index in [1.54, 1.807) is 30.3 Å². The fourth-order valence-electron chi connectivity index (χ4n) is 1.87. The smallest absolute Gasteiger partial charge is 0.206 e. The van der Waals surface area contributed by atoms with Crippen molar-refractivity contribution in [3.8, 4) is 17.2 Å². The van der Waals surface area contributed by atoms with E-state index in [4.69, 9.17) is 5.26 Å². The molecule has 0 amide bonds. The number of benzene rings is 2. The molecule has 0 bridgehead atoms. The molecule has 0 aliphatic rings. The lowest BCUT2D eigenvalue weighted by Crippen LogP contribution is -2.10. The van der Waals surface area contributed by atoms with E-state index < -0.39 is 17.7 Å². The summed E-state index contributed by atoms with van der Waals surface area (Å²) < 4.78 is 51.1. The molecule has 6 heteroatoms. The molecule has 0 aromatic heterocycles. The highest BCUT2D eigenvalue weighted by Gasteiger charge is 2.28. The van der Waals surface area contributed by atoms with Gasteiger partial charge in [0.2, 0.25) is 0 Å². The van der Waals surface area contributed by atoms with E-state index in [1.165, 1.54) is 6.07 Å². The molecule has 0 spiro atoms. The topological polar surface area (TPSA) is 23.8 Å². The van der Waals surface area contributed by atoms with Gasteiger partial charge in [-0.3, -0.25) is 0 Å². The van der Waals surface area contributed by atoms with Crippen molar-refractivity contribution in [2.75, 3.05) is 5.75 Å². The van der Waals surface area contributed by atoms with Gasteiger partial charge in [-0.05, 0) is 24.6 Å². The largest absolute Gasteiger partial charge is 0.398 e. The van der Waals surface area contributed by atoms with Gasteiger partial charge in [0.15, 0.2) is 0 Å². The Bertz CT molecular complexity index is 715. The van der Waals surface area contributed by atoms with Crippen molar-refractivity contribution in [1.29, 1.82) is 5.26 Å². The number of aryl methyl sites for hydroxylation is 1. The molecule has 2 aromatic carbocycles. The summed E-state index contributed by atoms with van der Waals surface area (Å²) >= 11 is 0.485. The standard InChI is InChI=1S/C16H11F4NS/c1-10-2-4-11(5-3-10)13-7-15(22-9-16(18,19)20)12(8-21)6-14(13)17/h2-7H,9H2,1H3. The molecule has 0 radical (unpaired) electrons. The zero-order valence-electron chi connectivity index (χ0n) is 11.5. The highest BCUT2D eigenvalue weighted by Crippen LogP contribution is 2.34. The van der Waals surface area contributed by atoms with E-state index in [0.717, 1.165) is 11.6 Å². The van der Waals surface area contributed by atoms with Crippen LogP contribution in [0.15, 0.2) is 41.3 Å². The van der Waals surface area contributed by atoms with Gasteiger partial charge in [0.05, 0.1) is 11.3 Å². The monoisotopic (exact) mass is 325 g/mol. The number of thioether (sulfide) groups is 1. The second-order valence-corrected chi connectivity index (χ2v) is 5.73. The summed E-state index contributed by atoms with van der Waals surface area (Å²) in [6.45, 7) is 1.88. The minimum atomic E-state index is -4.35. The van der Waals surface area contributed by atoms with Crippen molar-refractivity contribution < 1.29 is 17.6 Å². The summed E-state index contributed by atoms with van der Waals surface area (Å²) in [5.41, 5.74) is 1.64. The molecule has 0 fully saturated rings. The van der Waals surface area contributed by atoms with Gasteiger partial charge in [-0.1, -0.05) is 29.8 Å². The Hall–Kier alpha value is -2.00. The van der Waals surface area contributed by atoms with E-state index in [9.17, 15) is 17.6 Å². The summed E-state index contributed by atoms with van der Waals surface area (Å²) in [4.78, 5) is 0.122. The number of nitriles is 1. The molecule has 0 unspecified atom stereocenters. The average Bonchev–Trinajstić information content (AvgIpc) is 2.45. The molecule has 0 aliphatic carbocycles. The minimum absolute atomic E-state index is 0.0948. The Balaban J connectivity index is 2.43. The third kappa shape index (κ3) is 4.01. The van der Waals surface area contributed by atoms with E-state index in [2.05, 4.69) is 0 Å². The van der Waals surface area contributed by atoms with Gasteiger partial charge in [0, 0.05) is 10.5 Å². The van der Waals surface area contributed by atoms with Crippen molar-refractivity contribution >= 4 is 11.8 Å². The van der Waals surface area contributed by atoms with Gasteiger partial charge in [-0.2, -0.15) is 18.4 Å². The predicted molar refractivity (Wildman–Crippen MR) is 78.1 cm³/mol. The highest BCUT2D eigenvalue weighted by atomic mass is 32.2. The van der Waals surface area contributed by atoms with Crippen LogP contribution < -0.4 is 0 Å². The molecule has 0 saturated carbocycles. The number of halogens is 4. The fraction of sp³-hybridized carbons (Fsp3) is 0.188. The second kappa shape index (κ2) is 6.41. The third-order valence-electron chi connectivity index (χ3n) is 2.94. The Morgan fingerprint density at radius 3 is 2.32 bits per heavy atom. The lowest BCUT2D eigenvalue weighted by molar-refractivity contribution is -0.105. The van der Waals surface area contributed by atoms with Crippen LogP contribution >= 0.6 is 11.8 Å². The zero-order valence-corrected chi connectivity index (χ0v) is 12.4. The van der Waals surface area contributed by atoms with E-state index >= 15 is 0 Å². The van der Waals surface area contributed by atoms with Crippen LogP contribution in [0.25, 0.3) is 11.1 Å². The highest BCUT2D eigenvalue weighted by molar-refractivity contribution is 7.99. The van der Waals surface area contributed by atoms with E-state index in [1.807, 2.05) is 6.92 Å². The Kier molecular flexibility index (Phi) is 4.77. The third-order valence-corrected chi connectivity index (χ3v) is 4.06. The first-order chi connectivity index (χ1) is 10.3. The number of hydrogen-bond donors (Lipinski definition) is 0. The van der Waals surface area contributed by atoms with E-state index in [0.29, 0.717) is 17.3 Å². The first-order valence-electron chi connectivity index (χ1n) is 6.30. The summed E-state index contributed by atoms with van der Waals surface area (Å²) in [5, 5.41) is 8.96. The van der Waals surface area contributed by atoms with Gasteiger partial charge in [-0.15, -0.1) is 11.8 Å². The Morgan fingerprint density at radius 1 is 1.14 bits per heavy atom. The Labute approximate surface area is 129 Å². The second-order valence-electron chi connectivity index (χ2n) is 4.71. The fourth-order valence-corrected chi connectivity index (χ4v) is 2.65. The van der Waals surface area contributed by atoms with Gasteiger partial charge in [0.25, 0.3) is 0 Å². The maximum Gasteiger partial charge on any atom is 0.398 e. The Morgan fingerprint density at radius 2 is 1.77 bits per heavy atom. The lowest BCUT2D eigenvalue weighted by Gasteiger charge is -2.11. The van der Waals surface area contributed by atoms with Gasteiger partial charge < -0.3 is 0 Å². The lowest BCUT2D eigenvalue weighted by atomic mass is 10.0.